The predicted molar refractivity (Wildman–Crippen MR) is 53.3 cm³/mol. The van der Waals surface area contributed by atoms with E-state index in [1.165, 1.54) is 7.11 Å². The highest BCUT2D eigenvalue weighted by Gasteiger charge is 2.63. The summed E-state index contributed by atoms with van der Waals surface area (Å²) in [7, 11) is 1.37. The van der Waals surface area contributed by atoms with Crippen molar-refractivity contribution in [2.45, 2.75) is 11.7 Å². The summed E-state index contributed by atoms with van der Waals surface area (Å²) in [5.74, 6) is -0.140. The summed E-state index contributed by atoms with van der Waals surface area (Å²) in [5, 5.41) is 16.5. The van der Waals surface area contributed by atoms with Crippen molar-refractivity contribution in [3.05, 3.63) is 35.9 Å². The van der Waals surface area contributed by atoms with E-state index in [2.05, 4.69) is 0 Å². The van der Waals surface area contributed by atoms with Gasteiger partial charge in [0.25, 0.3) is 5.60 Å². The van der Waals surface area contributed by atoms with E-state index >= 15 is 0 Å². The van der Waals surface area contributed by atoms with Gasteiger partial charge in [0.15, 0.2) is 0 Å². The molecule has 4 heteroatoms. The Balaban J connectivity index is 2.25. The van der Waals surface area contributed by atoms with E-state index in [9.17, 15) is 0 Å². The van der Waals surface area contributed by atoms with Crippen LogP contribution in [-0.4, -0.2) is 18.6 Å². The van der Waals surface area contributed by atoms with Gasteiger partial charge in [-0.1, -0.05) is 30.3 Å². The molecule has 0 bridgehead atoms. The van der Waals surface area contributed by atoms with E-state index in [1.807, 2.05) is 36.4 Å². The Bertz CT molecular complexity index is 424. The Hall–Kier alpha value is -1.86. The van der Waals surface area contributed by atoms with Crippen molar-refractivity contribution in [1.29, 1.82) is 10.7 Å². The number of nitrogens with one attached hydrogen (secondary N) is 1. The second-order valence-corrected chi connectivity index (χ2v) is 3.29. The zero-order chi connectivity index (χ0) is 10.9. The van der Waals surface area contributed by atoms with E-state index in [0.717, 1.165) is 5.56 Å². The summed E-state index contributed by atoms with van der Waals surface area (Å²) in [5.41, 5.74) is -0.323. The van der Waals surface area contributed by atoms with Gasteiger partial charge in [-0.15, -0.1) is 0 Å². The van der Waals surface area contributed by atoms with Crippen molar-refractivity contribution in [2.24, 2.45) is 0 Å². The number of ether oxygens (including phenoxy) is 2. The van der Waals surface area contributed by atoms with Crippen molar-refractivity contribution in [3.8, 4) is 6.07 Å². The van der Waals surface area contributed by atoms with Crippen LogP contribution in [0.25, 0.3) is 0 Å². The van der Waals surface area contributed by atoms with Gasteiger partial charge >= 0.3 is 0 Å². The maximum Gasteiger partial charge on any atom is 0.260 e. The number of hydrogen-bond donors (Lipinski definition) is 1. The summed E-state index contributed by atoms with van der Waals surface area (Å²) in [6.07, 6.45) is -0.379. The molecular weight excluding hydrogens is 192 g/mol. The molecule has 76 valence electrons. The topological polar surface area (TPSA) is 69.4 Å². The van der Waals surface area contributed by atoms with Gasteiger partial charge < -0.3 is 9.47 Å². The molecule has 2 rings (SSSR count). The molecule has 1 aromatic carbocycles. The van der Waals surface area contributed by atoms with Gasteiger partial charge in [-0.25, -0.2) is 0 Å². The van der Waals surface area contributed by atoms with Gasteiger partial charge in [0, 0.05) is 0 Å². The van der Waals surface area contributed by atoms with Gasteiger partial charge in [-0.2, -0.15) is 5.26 Å². The molecule has 0 unspecified atom stereocenters. The van der Waals surface area contributed by atoms with Crippen molar-refractivity contribution in [3.63, 3.8) is 0 Å². The first kappa shape index (κ1) is 9.69. The molecule has 0 spiro atoms. The van der Waals surface area contributed by atoms with Crippen LogP contribution in [0.4, 0.5) is 0 Å². The lowest BCUT2D eigenvalue weighted by Gasteiger charge is -2.03. The molecule has 0 aliphatic carbocycles. The molecular formula is C11H10N2O2. The molecule has 1 heterocycles. The molecule has 0 radical (unpaired) electrons. The average molecular weight is 202 g/mol. The fraction of sp³-hybridized carbons (Fsp3) is 0.273. The fourth-order valence-corrected chi connectivity index (χ4v) is 1.54. The highest BCUT2D eigenvalue weighted by atomic mass is 16.6. The Morgan fingerprint density at radius 2 is 2.20 bits per heavy atom. The van der Waals surface area contributed by atoms with Crippen LogP contribution in [0.3, 0.4) is 0 Å². The molecule has 2 atom stereocenters. The highest BCUT2D eigenvalue weighted by Crippen LogP contribution is 2.49. The van der Waals surface area contributed by atoms with Crippen LogP contribution in [0.5, 0.6) is 0 Å². The molecule has 1 aliphatic rings. The molecule has 1 saturated heterocycles. The molecule has 1 aliphatic heterocycles. The highest BCUT2D eigenvalue weighted by molar-refractivity contribution is 5.89. The summed E-state index contributed by atoms with van der Waals surface area (Å²) in [4.78, 5) is 0. The summed E-state index contributed by atoms with van der Waals surface area (Å²) in [6.45, 7) is 0. The summed E-state index contributed by atoms with van der Waals surface area (Å²) >= 11 is 0. The molecule has 15 heavy (non-hydrogen) atoms. The molecule has 1 fully saturated rings. The first-order valence-electron chi connectivity index (χ1n) is 4.51. The van der Waals surface area contributed by atoms with Crippen LogP contribution in [0.2, 0.25) is 0 Å². The zero-order valence-electron chi connectivity index (χ0n) is 8.23. The Labute approximate surface area is 87.6 Å². The van der Waals surface area contributed by atoms with Crippen LogP contribution in [0, 0.1) is 16.7 Å². The summed E-state index contributed by atoms with van der Waals surface area (Å²) < 4.78 is 10.0. The van der Waals surface area contributed by atoms with Crippen LogP contribution in [-0.2, 0) is 9.47 Å². The minimum atomic E-state index is -1.21. The number of nitrogens with zero attached hydrogens (tertiary/aromatic N) is 1. The molecule has 1 N–H and O–H groups in total. The van der Waals surface area contributed by atoms with Crippen LogP contribution in [0.15, 0.2) is 30.3 Å². The minimum absolute atomic E-state index is 0.140. The van der Waals surface area contributed by atoms with Gasteiger partial charge in [0.05, 0.1) is 7.11 Å². The van der Waals surface area contributed by atoms with Crippen LogP contribution < -0.4 is 0 Å². The lowest BCUT2D eigenvalue weighted by atomic mass is 10.0. The van der Waals surface area contributed by atoms with E-state index in [1.54, 1.807) is 0 Å². The maximum absolute atomic E-state index is 8.99. The van der Waals surface area contributed by atoms with Crippen molar-refractivity contribution in [1.82, 2.24) is 0 Å². The lowest BCUT2D eigenvalue weighted by molar-refractivity contribution is 0.318. The minimum Gasteiger partial charge on any atom is -0.482 e. The summed E-state index contributed by atoms with van der Waals surface area (Å²) in [6, 6.07) is 11.3. The molecule has 0 saturated carbocycles. The predicted octanol–water partition coefficient (Wildman–Crippen LogP) is 1.64. The fourth-order valence-electron chi connectivity index (χ4n) is 1.54. The van der Waals surface area contributed by atoms with Gasteiger partial charge in [-0.3, -0.25) is 5.41 Å². The third-order valence-corrected chi connectivity index (χ3v) is 2.43. The monoisotopic (exact) mass is 202 g/mol. The van der Waals surface area contributed by atoms with E-state index < -0.39 is 5.60 Å². The van der Waals surface area contributed by atoms with E-state index in [-0.39, 0.29) is 12.0 Å². The van der Waals surface area contributed by atoms with Crippen LogP contribution in [0.1, 0.15) is 11.7 Å². The van der Waals surface area contributed by atoms with Gasteiger partial charge in [0.1, 0.15) is 12.2 Å². The zero-order valence-corrected chi connectivity index (χ0v) is 8.23. The molecule has 1 aromatic rings. The molecule has 4 nitrogen and oxygen atoms in total. The Morgan fingerprint density at radius 3 is 2.73 bits per heavy atom. The largest absolute Gasteiger partial charge is 0.482 e. The van der Waals surface area contributed by atoms with E-state index in [4.69, 9.17) is 20.1 Å². The lowest BCUT2D eigenvalue weighted by Crippen LogP contribution is -2.24. The first-order chi connectivity index (χ1) is 7.24. The second-order valence-electron chi connectivity index (χ2n) is 3.29. The number of nitriles is 1. The molecule has 0 aromatic heterocycles. The SMILES string of the molecule is COC(=N)[C@@]1(C#N)O[C@@H]1c1ccccc1. The maximum atomic E-state index is 8.99. The Morgan fingerprint density at radius 1 is 1.53 bits per heavy atom. The van der Waals surface area contributed by atoms with Crippen molar-refractivity contribution >= 4 is 5.90 Å². The van der Waals surface area contributed by atoms with Gasteiger partial charge in [0.2, 0.25) is 5.90 Å². The normalized spacial score (nSPS) is 27.9. The first-order valence-corrected chi connectivity index (χ1v) is 4.51. The smallest absolute Gasteiger partial charge is 0.260 e. The third-order valence-electron chi connectivity index (χ3n) is 2.43. The second kappa shape index (κ2) is 3.37. The Kier molecular flexibility index (Phi) is 2.18. The van der Waals surface area contributed by atoms with Crippen LogP contribution >= 0.6 is 0 Å². The van der Waals surface area contributed by atoms with Crippen molar-refractivity contribution < 1.29 is 9.47 Å². The van der Waals surface area contributed by atoms with Crippen molar-refractivity contribution in [2.75, 3.05) is 7.11 Å². The number of rotatable bonds is 2. The van der Waals surface area contributed by atoms with E-state index in [0.29, 0.717) is 0 Å². The average Bonchev–Trinajstić information content (AvgIpc) is 3.05. The molecule has 0 amide bonds. The number of epoxide rings is 1. The standard InChI is InChI=1S/C11H10N2O2/c1-14-10(13)11(7-12)9(15-11)8-5-3-2-4-6-8/h2-6,9,13H,1H3/t9-,11+/m1/s1. The third kappa shape index (κ3) is 1.37. The number of methoxy groups -OCH3 is 1. The quantitative estimate of drug-likeness (QED) is 0.450. The number of benzene rings is 1. The number of hydrogen-bond acceptors (Lipinski definition) is 4. The van der Waals surface area contributed by atoms with Gasteiger partial charge in [-0.05, 0) is 5.56 Å².